The Bertz CT molecular complexity index is 1460. The molecule has 4 aromatic rings. The highest BCUT2D eigenvalue weighted by atomic mass is 16.2. The van der Waals surface area contributed by atoms with Gasteiger partial charge >= 0.3 is 0 Å². The van der Waals surface area contributed by atoms with Crippen LogP contribution < -0.4 is 0 Å². The van der Waals surface area contributed by atoms with Gasteiger partial charge in [0, 0.05) is 48.7 Å². The number of benzene rings is 3. The highest BCUT2D eigenvalue weighted by Crippen LogP contribution is 2.43. The molecular weight excluding hydrogens is 460 g/mol. The first-order valence-electron chi connectivity index (χ1n) is 13.2. The molecule has 0 aliphatic carbocycles. The van der Waals surface area contributed by atoms with Crippen LogP contribution in [0.15, 0.2) is 84.9 Å². The summed E-state index contributed by atoms with van der Waals surface area (Å²) in [7, 11) is 0. The van der Waals surface area contributed by atoms with E-state index in [2.05, 4.69) is 58.4 Å². The van der Waals surface area contributed by atoms with Crippen LogP contribution in [0.25, 0.3) is 10.9 Å². The highest BCUT2D eigenvalue weighted by molar-refractivity contribution is 5.98. The van der Waals surface area contributed by atoms with E-state index in [1.807, 2.05) is 46.2 Å². The summed E-state index contributed by atoms with van der Waals surface area (Å²) >= 11 is 0. The molecule has 4 heterocycles. The third kappa shape index (κ3) is 3.75. The van der Waals surface area contributed by atoms with Gasteiger partial charge in [0.05, 0.1) is 6.04 Å². The summed E-state index contributed by atoms with van der Waals surface area (Å²) < 4.78 is 0. The van der Waals surface area contributed by atoms with E-state index in [0.717, 1.165) is 53.8 Å². The molecule has 2 fully saturated rings. The van der Waals surface area contributed by atoms with Crippen LogP contribution >= 0.6 is 0 Å². The molecule has 3 aromatic carbocycles. The molecule has 6 nitrogen and oxygen atoms in total. The van der Waals surface area contributed by atoms with E-state index in [-0.39, 0.29) is 30.4 Å². The van der Waals surface area contributed by atoms with Crippen molar-refractivity contribution in [3.8, 4) is 0 Å². The molecule has 0 radical (unpaired) electrons. The van der Waals surface area contributed by atoms with Gasteiger partial charge in [0.15, 0.2) is 0 Å². The third-order valence-corrected chi connectivity index (χ3v) is 8.35. The van der Waals surface area contributed by atoms with Crippen molar-refractivity contribution in [3.05, 3.63) is 107 Å². The van der Waals surface area contributed by atoms with E-state index in [0.29, 0.717) is 6.42 Å². The summed E-state index contributed by atoms with van der Waals surface area (Å²) in [6, 6.07) is 28.1. The van der Waals surface area contributed by atoms with Gasteiger partial charge in [-0.15, -0.1) is 0 Å². The molecule has 1 N–H and O–H groups in total. The number of piperazine rings is 1. The lowest BCUT2D eigenvalue weighted by Crippen LogP contribution is -2.65. The minimum absolute atomic E-state index is 0.0317. The standard InChI is InChI=1S/C31H30N4O2/c36-28-20-34(23-15-16-33(19-23)18-21-9-3-1-4-10-21)31(37)27-17-25-24-13-7-8-14-26(24)32-29(25)30(35(27)28)22-11-5-2-6-12-22/h1-14,23,27,30,32H,15-20H2/t23-,27+,30+/m0/s1. The Morgan fingerprint density at radius 2 is 1.59 bits per heavy atom. The predicted molar refractivity (Wildman–Crippen MR) is 143 cm³/mol. The summed E-state index contributed by atoms with van der Waals surface area (Å²) in [6.45, 7) is 2.77. The Labute approximate surface area is 216 Å². The number of aromatic nitrogens is 1. The molecule has 186 valence electrons. The fourth-order valence-corrected chi connectivity index (χ4v) is 6.63. The number of nitrogens with one attached hydrogen (secondary N) is 1. The van der Waals surface area contributed by atoms with Gasteiger partial charge in [-0.3, -0.25) is 14.5 Å². The summed E-state index contributed by atoms with van der Waals surface area (Å²) in [5.74, 6) is 0.118. The second kappa shape index (κ2) is 8.89. The monoisotopic (exact) mass is 490 g/mol. The molecule has 0 bridgehead atoms. The van der Waals surface area contributed by atoms with Crippen LogP contribution in [0.5, 0.6) is 0 Å². The van der Waals surface area contributed by atoms with Gasteiger partial charge < -0.3 is 14.8 Å². The van der Waals surface area contributed by atoms with Gasteiger partial charge in [0.25, 0.3) is 0 Å². The summed E-state index contributed by atoms with van der Waals surface area (Å²) in [5, 5.41) is 1.14. The number of amides is 2. The Balaban J connectivity index is 1.21. The number of H-pyrrole nitrogens is 1. The zero-order valence-electron chi connectivity index (χ0n) is 20.7. The van der Waals surface area contributed by atoms with Crippen molar-refractivity contribution in [2.24, 2.45) is 0 Å². The van der Waals surface area contributed by atoms with Gasteiger partial charge in [-0.1, -0.05) is 78.9 Å². The Morgan fingerprint density at radius 3 is 2.41 bits per heavy atom. The van der Waals surface area contributed by atoms with Crippen molar-refractivity contribution >= 4 is 22.7 Å². The average Bonchev–Trinajstić information content (AvgIpc) is 3.55. The first-order valence-corrected chi connectivity index (χ1v) is 13.2. The van der Waals surface area contributed by atoms with Crippen molar-refractivity contribution in [1.82, 2.24) is 19.7 Å². The number of hydrogen-bond acceptors (Lipinski definition) is 3. The Morgan fingerprint density at radius 1 is 0.865 bits per heavy atom. The largest absolute Gasteiger partial charge is 0.356 e. The number of likely N-dealkylation sites (tertiary alicyclic amines) is 1. The Hall–Kier alpha value is -3.90. The molecule has 1 aromatic heterocycles. The molecule has 3 aliphatic heterocycles. The van der Waals surface area contributed by atoms with E-state index in [1.165, 1.54) is 5.56 Å². The van der Waals surface area contributed by atoms with Crippen LogP contribution in [0, 0.1) is 0 Å². The quantitative estimate of drug-likeness (QED) is 0.468. The van der Waals surface area contributed by atoms with Crippen molar-refractivity contribution < 1.29 is 9.59 Å². The number of rotatable bonds is 4. The maximum absolute atomic E-state index is 14.1. The number of carbonyl (C=O) groups excluding carboxylic acids is 2. The molecule has 2 saturated heterocycles. The first kappa shape index (κ1) is 22.3. The molecule has 37 heavy (non-hydrogen) atoms. The summed E-state index contributed by atoms with van der Waals surface area (Å²) in [5.41, 5.74) is 5.56. The number of carbonyl (C=O) groups is 2. The maximum Gasteiger partial charge on any atom is 0.246 e. The van der Waals surface area contributed by atoms with Crippen molar-refractivity contribution in [3.63, 3.8) is 0 Å². The number of para-hydroxylation sites is 1. The molecular formula is C31H30N4O2. The summed E-state index contributed by atoms with van der Waals surface area (Å²) in [4.78, 5) is 37.7. The fraction of sp³-hybridized carbons (Fsp3) is 0.290. The van der Waals surface area contributed by atoms with E-state index in [1.54, 1.807) is 0 Å². The van der Waals surface area contributed by atoms with E-state index in [9.17, 15) is 9.59 Å². The van der Waals surface area contributed by atoms with Crippen LogP contribution in [-0.2, 0) is 22.6 Å². The minimum atomic E-state index is -0.485. The van der Waals surface area contributed by atoms with E-state index < -0.39 is 6.04 Å². The van der Waals surface area contributed by atoms with Crippen LogP contribution in [0.3, 0.4) is 0 Å². The number of hydrogen-bond donors (Lipinski definition) is 1. The van der Waals surface area contributed by atoms with Gasteiger partial charge in [-0.05, 0) is 29.2 Å². The lowest BCUT2D eigenvalue weighted by Gasteiger charge is -2.48. The number of fused-ring (bicyclic) bond motifs is 4. The van der Waals surface area contributed by atoms with Gasteiger partial charge in [-0.25, -0.2) is 0 Å². The van der Waals surface area contributed by atoms with E-state index in [4.69, 9.17) is 0 Å². The summed E-state index contributed by atoms with van der Waals surface area (Å²) in [6.07, 6.45) is 1.45. The van der Waals surface area contributed by atoms with Crippen LogP contribution in [0.2, 0.25) is 0 Å². The predicted octanol–water partition coefficient (Wildman–Crippen LogP) is 4.13. The van der Waals surface area contributed by atoms with Gasteiger partial charge in [0.2, 0.25) is 11.8 Å². The average molecular weight is 491 g/mol. The molecule has 3 aliphatic rings. The second-order valence-electron chi connectivity index (χ2n) is 10.5. The zero-order chi connectivity index (χ0) is 24.9. The van der Waals surface area contributed by atoms with Crippen LogP contribution in [0.4, 0.5) is 0 Å². The molecule has 6 heteroatoms. The zero-order valence-corrected chi connectivity index (χ0v) is 20.7. The maximum atomic E-state index is 14.1. The molecule has 2 amide bonds. The van der Waals surface area contributed by atoms with Crippen molar-refractivity contribution in [2.45, 2.75) is 37.5 Å². The SMILES string of the molecule is O=C1[C@H]2Cc3c([nH]c4ccccc34)[C@@H](c3ccccc3)N2C(=O)CN1[C@H]1CCN(Cc2ccccc2)C1. The van der Waals surface area contributed by atoms with Crippen LogP contribution in [-0.4, -0.2) is 63.2 Å². The molecule has 0 saturated carbocycles. The smallest absolute Gasteiger partial charge is 0.246 e. The normalized spacial score (nSPS) is 23.9. The Kier molecular flexibility index (Phi) is 5.36. The minimum Gasteiger partial charge on any atom is -0.356 e. The van der Waals surface area contributed by atoms with E-state index >= 15 is 0 Å². The molecule has 7 rings (SSSR count). The van der Waals surface area contributed by atoms with Gasteiger partial charge in [0.1, 0.15) is 12.6 Å². The topological polar surface area (TPSA) is 59.7 Å². The fourth-order valence-electron chi connectivity index (χ4n) is 6.63. The first-order chi connectivity index (χ1) is 18.2. The third-order valence-electron chi connectivity index (χ3n) is 8.35. The van der Waals surface area contributed by atoms with Gasteiger partial charge in [-0.2, -0.15) is 0 Å². The molecule has 0 spiro atoms. The number of nitrogens with zero attached hydrogens (tertiary/aromatic N) is 3. The van der Waals surface area contributed by atoms with Crippen LogP contribution in [0.1, 0.15) is 34.8 Å². The van der Waals surface area contributed by atoms with Crippen molar-refractivity contribution in [2.75, 3.05) is 19.6 Å². The molecule has 0 unspecified atom stereocenters. The second-order valence-corrected chi connectivity index (χ2v) is 10.5. The lowest BCUT2D eigenvalue weighted by molar-refractivity contribution is -0.160. The van der Waals surface area contributed by atoms with Crippen molar-refractivity contribution in [1.29, 1.82) is 0 Å². The lowest BCUT2D eigenvalue weighted by atomic mass is 9.86. The number of aromatic amines is 1. The molecule has 3 atom stereocenters. The highest BCUT2D eigenvalue weighted by Gasteiger charge is 2.50.